The molecule has 0 bridgehead atoms. The fourth-order valence-corrected chi connectivity index (χ4v) is 4.36. The summed E-state index contributed by atoms with van der Waals surface area (Å²) in [4.78, 5) is 23.0. The third-order valence-electron chi connectivity index (χ3n) is 5.51. The summed E-state index contributed by atoms with van der Waals surface area (Å²) >= 11 is 0. The minimum atomic E-state index is -0.769. The highest BCUT2D eigenvalue weighted by Crippen LogP contribution is 2.52. The molecule has 0 saturated heterocycles. The molecule has 0 aliphatic heterocycles. The molecule has 2 fully saturated rings. The van der Waals surface area contributed by atoms with E-state index in [1.54, 1.807) is 0 Å². The molecule has 0 radical (unpaired) electrons. The highest BCUT2D eigenvalue weighted by atomic mass is 16.4. The standard InChI is InChI=1S/C15H24O4/c1-10-9-11(13(16)17)7-8-15(10,14(18)19)12-5-3-2-4-6-12/h10-12H,2-9H2,1H3,(H,16,17)(H,18,19). The van der Waals surface area contributed by atoms with Crippen molar-refractivity contribution in [1.29, 1.82) is 0 Å². The summed E-state index contributed by atoms with van der Waals surface area (Å²) in [7, 11) is 0. The molecule has 108 valence electrons. The summed E-state index contributed by atoms with van der Waals surface area (Å²) in [5.74, 6) is -1.62. The molecule has 4 nitrogen and oxygen atoms in total. The van der Waals surface area contributed by atoms with Crippen LogP contribution < -0.4 is 0 Å². The van der Waals surface area contributed by atoms with Gasteiger partial charge in [-0.2, -0.15) is 0 Å². The molecular weight excluding hydrogens is 244 g/mol. The lowest BCUT2D eigenvalue weighted by atomic mass is 9.55. The molecular formula is C15H24O4. The number of hydrogen-bond donors (Lipinski definition) is 2. The van der Waals surface area contributed by atoms with E-state index in [-0.39, 0.29) is 17.8 Å². The van der Waals surface area contributed by atoms with Gasteiger partial charge in [0.05, 0.1) is 11.3 Å². The number of carboxylic acid groups (broad SMARTS) is 2. The predicted molar refractivity (Wildman–Crippen MR) is 70.8 cm³/mol. The number of carbonyl (C=O) groups is 2. The van der Waals surface area contributed by atoms with Crippen molar-refractivity contribution >= 4 is 11.9 Å². The van der Waals surface area contributed by atoms with Crippen LogP contribution in [0.2, 0.25) is 0 Å². The molecule has 2 aliphatic rings. The molecule has 3 unspecified atom stereocenters. The van der Waals surface area contributed by atoms with Crippen molar-refractivity contribution in [3.63, 3.8) is 0 Å². The van der Waals surface area contributed by atoms with Crippen LogP contribution in [0.1, 0.15) is 58.3 Å². The van der Waals surface area contributed by atoms with Gasteiger partial charge in [-0.05, 0) is 43.9 Å². The van der Waals surface area contributed by atoms with E-state index in [4.69, 9.17) is 5.11 Å². The van der Waals surface area contributed by atoms with Crippen LogP contribution >= 0.6 is 0 Å². The molecule has 0 aromatic heterocycles. The van der Waals surface area contributed by atoms with Gasteiger partial charge in [0.15, 0.2) is 0 Å². The van der Waals surface area contributed by atoms with Crippen LogP contribution in [-0.4, -0.2) is 22.2 Å². The van der Waals surface area contributed by atoms with Crippen molar-refractivity contribution in [2.45, 2.75) is 58.3 Å². The Morgan fingerprint density at radius 1 is 1.05 bits per heavy atom. The fraction of sp³-hybridized carbons (Fsp3) is 0.867. The maximum Gasteiger partial charge on any atom is 0.310 e. The molecule has 2 saturated carbocycles. The largest absolute Gasteiger partial charge is 0.481 e. The van der Waals surface area contributed by atoms with Crippen molar-refractivity contribution in [1.82, 2.24) is 0 Å². The van der Waals surface area contributed by atoms with E-state index < -0.39 is 17.4 Å². The lowest BCUT2D eigenvalue weighted by Crippen LogP contribution is -2.49. The first-order valence-corrected chi connectivity index (χ1v) is 7.44. The highest BCUT2D eigenvalue weighted by molar-refractivity contribution is 5.77. The van der Waals surface area contributed by atoms with Gasteiger partial charge in [0, 0.05) is 0 Å². The van der Waals surface area contributed by atoms with Crippen LogP contribution in [0.25, 0.3) is 0 Å². The van der Waals surface area contributed by atoms with Crippen LogP contribution in [-0.2, 0) is 9.59 Å². The lowest BCUT2D eigenvalue weighted by molar-refractivity contribution is -0.166. The lowest BCUT2D eigenvalue weighted by Gasteiger charge is -2.47. The molecule has 0 aromatic carbocycles. The first kappa shape index (κ1) is 14.4. The van der Waals surface area contributed by atoms with Gasteiger partial charge in [0.2, 0.25) is 0 Å². The van der Waals surface area contributed by atoms with E-state index in [0.717, 1.165) is 25.7 Å². The zero-order chi connectivity index (χ0) is 14.0. The van der Waals surface area contributed by atoms with Crippen LogP contribution in [0.3, 0.4) is 0 Å². The number of aliphatic carboxylic acids is 2. The zero-order valence-electron chi connectivity index (χ0n) is 11.6. The Bertz CT molecular complexity index is 359. The number of hydrogen-bond acceptors (Lipinski definition) is 2. The summed E-state index contributed by atoms with van der Waals surface area (Å²) in [5.41, 5.74) is -0.674. The summed E-state index contributed by atoms with van der Waals surface area (Å²) in [6.07, 6.45) is 7.00. The summed E-state index contributed by atoms with van der Waals surface area (Å²) in [6.45, 7) is 1.94. The Kier molecular flexibility index (Phi) is 4.16. The average Bonchev–Trinajstić information content (AvgIpc) is 2.39. The van der Waals surface area contributed by atoms with Crippen molar-refractivity contribution in [3.8, 4) is 0 Å². The molecule has 4 heteroatoms. The fourth-order valence-electron chi connectivity index (χ4n) is 4.36. The van der Waals surface area contributed by atoms with Gasteiger partial charge in [-0.1, -0.05) is 26.2 Å². The molecule has 2 aliphatic carbocycles. The Morgan fingerprint density at radius 3 is 2.16 bits per heavy atom. The Labute approximate surface area is 114 Å². The summed E-state index contributed by atoms with van der Waals surface area (Å²) in [5, 5.41) is 18.9. The van der Waals surface area contributed by atoms with Crippen LogP contribution in [0.15, 0.2) is 0 Å². The third kappa shape index (κ3) is 2.49. The zero-order valence-corrected chi connectivity index (χ0v) is 11.6. The smallest absolute Gasteiger partial charge is 0.310 e. The Hall–Kier alpha value is -1.06. The van der Waals surface area contributed by atoms with Gasteiger partial charge in [0.1, 0.15) is 0 Å². The van der Waals surface area contributed by atoms with E-state index in [1.165, 1.54) is 6.42 Å². The molecule has 0 spiro atoms. The maximum atomic E-state index is 11.9. The quantitative estimate of drug-likeness (QED) is 0.824. The van der Waals surface area contributed by atoms with Crippen LogP contribution in [0.4, 0.5) is 0 Å². The molecule has 0 heterocycles. The van der Waals surface area contributed by atoms with Gasteiger partial charge in [-0.25, -0.2) is 0 Å². The van der Waals surface area contributed by atoms with E-state index in [9.17, 15) is 14.7 Å². The molecule has 19 heavy (non-hydrogen) atoms. The second-order valence-electron chi connectivity index (χ2n) is 6.39. The normalized spacial score (nSPS) is 36.9. The first-order chi connectivity index (χ1) is 8.98. The third-order valence-corrected chi connectivity index (χ3v) is 5.51. The first-order valence-electron chi connectivity index (χ1n) is 7.44. The number of carboxylic acids is 2. The van der Waals surface area contributed by atoms with Gasteiger partial charge in [-0.3, -0.25) is 9.59 Å². The van der Waals surface area contributed by atoms with Crippen LogP contribution in [0.5, 0.6) is 0 Å². The molecule has 3 atom stereocenters. The molecule has 0 aromatic rings. The van der Waals surface area contributed by atoms with E-state index >= 15 is 0 Å². The second-order valence-corrected chi connectivity index (χ2v) is 6.39. The van der Waals surface area contributed by atoms with Crippen molar-refractivity contribution in [2.75, 3.05) is 0 Å². The van der Waals surface area contributed by atoms with Crippen LogP contribution in [0, 0.1) is 23.2 Å². The monoisotopic (exact) mass is 268 g/mol. The van der Waals surface area contributed by atoms with E-state index in [1.807, 2.05) is 6.92 Å². The maximum absolute atomic E-state index is 11.9. The van der Waals surface area contributed by atoms with Gasteiger partial charge in [-0.15, -0.1) is 0 Å². The number of rotatable bonds is 3. The van der Waals surface area contributed by atoms with Crippen molar-refractivity contribution in [2.24, 2.45) is 23.2 Å². The second kappa shape index (κ2) is 5.51. The van der Waals surface area contributed by atoms with E-state index in [2.05, 4.69) is 0 Å². The summed E-state index contributed by atoms with van der Waals surface area (Å²) < 4.78 is 0. The molecule has 0 amide bonds. The van der Waals surface area contributed by atoms with Crippen molar-refractivity contribution < 1.29 is 19.8 Å². The Morgan fingerprint density at radius 2 is 1.68 bits per heavy atom. The van der Waals surface area contributed by atoms with Gasteiger partial charge >= 0.3 is 11.9 Å². The van der Waals surface area contributed by atoms with Gasteiger partial charge in [0.25, 0.3) is 0 Å². The molecule has 2 N–H and O–H groups in total. The van der Waals surface area contributed by atoms with Crippen molar-refractivity contribution in [3.05, 3.63) is 0 Å². The average molecular weight is 268 g/mol. The molecule has 2 rings (SSSR count). The minimum absolute atomic E-state index is 0.0389. The predicted octanol–water partition coefficient (Wildman–Crippen LogP) is 3.16. The Balaban J connectivity index is 2.20. The van der Waals surface area contributed by atoms with Gasteiger partial charge < -0.3 is 10.2 Å². The highest BCUT2D eigenvalue weighted by Gasteiger charge is 2.53. The minimum Gasteiger partial charge on any atom is -0.481 e. The SMILES string of the molecule is CC1CC(C(=O)O)CCC1(C(=O)O)C1CCCCC1. The summed E-state index contributed by atoms with van der Waals surface area (Å²) in [6, 6.07) is 0. The topological polar surface area (TPSA) is 74.6 Å². The van der Waals surface area contributed by atoms with E-state index in [0.29, 0.717) is 19.3 Å².